The number of imidazole rings is 1. The van der Waals surface area contributed by atoms with Crippen molar-refractivity contribution in [3.63, 3.8) is 0 Å². The fourth-order valence-corrected chi connectivity index (χ4v) is 6.98. The van der Waals surface area contributed by atoms with Gasteiger partial charge in [-0.3, -0.25) is 4.79 Å². The highest BCUT2D eigenvalue weighted by atomic mass is 35.5. The van der Waals surface area contributed by atoms with Crippen LogP contribution < -0.4 is 5.32 Å². The third kappa shape index (κ3) is 4.92. The molecule has 0 radical (unpaired) electrons. The lowest BCUT2D eigenvalue weighted by Gasteiger charge is -2.13. The van der Waals surface area contributed by atoms with Crippen molar-refractivity contribution in [1.82, 2.24) is 19.9 Å². The minimum Gasteiger partial charge on any atom is -0.312 e. The van der Waals surface area contributed by atoms with Crippen LogP contribution in [0.3, 0.4) is 0 Å². The smallest absolute Gasteiger partial charge is 0.147 e. The lowest BCUT2D eigenvalue weighted by molar-refractivity contribution is -0.118. The molecule has 4 heterocycles. The Morgan fingerprint density at radius 3 is 2.97 bits per heavy atom. The van der Waals surface area contributed by atoms with Gasteiger partial charge in [0.1, 0.15) is 22.3 Å². The van der Waals surface area contributed by atoms with Crippen LogP contribution in [0.1, 0.15) is 48.4 Å². The molecule has 0 spiro atoms. The van der Waals surface area contributed by atoms with Gasteiger partial charge in [0.05, 0.1) is 10.2 Å². The summed E-state index contributed by atoms with van der Waals surface area (Å²) in [6.07, 6.45) is 7.74. The standard InChI is InChI=1S/C25H27ClN4OS2/c1-15(2)4-3-5-17(31)11-21-24(18-8-9-27-12-22(18)32-21)25-29-19-10-16(6-7-20(19)33-25)30-13-23(26)28-14-30/h6-7,10,13-15,27H,3-5,8-9,11-12H2,1-2H3. The molecule has 1 N–H and O–H groups in total. The number of aromatic nitrogens is 3. The summed E-state index contributed by atoms with van der Waals surface area (Å²) >= 11 is 9.50. The number of ketones is 1. The number of benzene rings is 1. The van der Waals surface area contributed by atoms with E-state index < -0.39 is 0 Å². The van der Waals surface area contributed by atoms with Crippen molar-refractivity contribution in [2.75, 3.05) is 6.54 Å². The molecule has 0 unspecified atom stereocenters. The summed E-state index contributed by atoms with van der Waals surface area (Å²) in [7, 11) is 0. The SMILES string of the molecule is CC(C)CCCC(=O)Cc1sc2c(c1-c1nc3cc(-n4cnc(Cl)c4)ccc3s1)CCNC2. The van der Waals surface area contributed by atoms with Crippen LogP contribution in [0.25, 0.3) is 26.5 Å². The average Bonchev–Trinajstić information content (AvgIpc) is 3.48. The fraction of sp³-hybridized carbons (Fsp3) is 0.400. The van der Waals surface area contributed by atoms with Crippen LogP contribution in [0.2, 0.25) is 5.15 Å². The Hall–Kier alpha value is -2.06. The summed E-state index contributed by atoms with van der Waals surface area (Å²) in [5.74, 6) is 0.975. The van der Waals surface area contributed by atoms with Crippen LogP contribution in [-0.4, -0.2) is 26.9 Å². The number of thiophene rings is 1. The molecule has 1 aromatic carbocycles. The van der Waals surface area contributed by atoms with Crippen LogP contribution in [0, 0.1) is 5.92 Å². The van der Waals surface area contributed by atoms with Crippen LogP contribution in [0.4, 0.5) is 0 Å². The molecule has 0 bridgehead atoms. The van der Waals surface area contributed by atoms with Gasteiger partial charge in [-0.1, -0.05) is 31.9 Å². The third-order valence-electron chi connectivity index (χ3n) is 6.03. The largest absolute Gasteiger partial charge is 0.312 e. The molecule has 0 atom stereocenters. The second kappa shape index (κ2) is 9.66. The van der Waals surface area contributed by atoms with Crippen molar-refractivity contribution >= 4 is 50.3 Å². The average molecular weight is 499 g/mol. The number of fused-ring (bicyclic) bond motifs is 2. The van der Waals surface area contributed by atoms with Crippen LogP contribution in [0.15, 0.2) is 30.7 Å². The van der Waals surface area contributed by atoms with Gasteiger partial charge in [0, 0.05) is 46.6 Å². The number of rotatable bonds is 8. The van der Waals surface area contributed by atoms with Gasteiger partial charge in [0.25, 0.3) is 0 Å². The second-order valence-electron chi connectivity index (χ2n) is 9.00. The van der Waals surface area contributed by atoms with Gasteiger partial charge in [0.15, 0.2) is 0 Å². The highest BCUT2D eigenvalue weighted by molar-refractivity contribution is 7.22. The number of nitrogens with zero attached hydrogens (tertiary/aromatic N) is 3. The molecule has 3 aromatic heterocycles. The normalized spacial score (nSPS) is 13.7. The van der Waals surface area contributed by atoms with Crippen molar-refractivity contribution in [1.29, 1.82) is 0 Å². The first kappa shape index (κ1) is 22.7. The molecule has 0 aliphatic carbocycles. The maximum absolute atomic E-state index is 12.8. The molecule has 0 saturated heterocycles. The maximum atomic E-state index is 12.8. The molecule has 4 aromatic rings. The fourth-order valence-electron chi connectivity index (χ4n) is 4.36. The van der Waals surface area contributed by atoms with Crippen molar-refractivity contribution in [2.45, 2.75) is 52.5 Å². The van der Waals surface area contributed by atoms with E-state index in [9.17, 15) is 4.79 Å². The first-order valence-electron chi connectivity index (χ1n) is 11.4. The van der Waals surface area contributed by atoms with E-state index in [1.807, 2.05) is 4.57 Å². The van der Waals surface area contributed by atoms with Crippen molar-refractivity contribution < 1.29 is 4.79 Å². The van der Waals surface area contributed by atoms with E-state index in [2.05, 4.69) is 42.3 Å². The number of carbonyl (C=O) groups is 1. The molecule has 33 heavy (non-hydrogen) atoms. The quantitative estimate of drug-likeness (QED) is 0.303. The van der Waals surface area contributed by atoms with Gasteiger partial charge in [-0.15, -0.1) is 22.7 Å². The molecular weight excluding hydrogens is 472 g/mol. The molecule has 172 valence electrons. The van der Waals surface area contributed by atoms with Crippen LogP contribution in [0.5, 0.6) is 0 Å². The Kier molecular flexibility index (Phi) is 6.65. The Labute approximate surface area is 206 Å². The lowest BCUT2D eigenvalue weighted by Crippen LogP contribution is -2.22. The predicted octanol–water partition coefficient (Wildman–Crippen LogP) is 6.45. The Balaban J connectivity index is 1.48. The number of nitrogens with one attached hydrogen (secondary N) is 1. The monoisotopic (exact) mass is 498 g/mol. The summed E-state index contributed by atoms with van der Waals surface area (Å²) in [6.45, 7) is 6.27. The first-order valence-corrected chi connectivity index (χ1v) is 13.5. The molecule has 0 amide bonds. The Bertz CT molecular complexity index is 1300. The Morgan fingerprint density at radius 1 is 1.30 bits per heavy atom. The summed E-state index contributed by atoms with van der Waals surface area (Å²) < 4.78 is 3.04. The number of Topliss-reactive ketones (excluding diaryl/α,β-unsaturated/α-hetero) is 1. The lowest BCUT2D eigenvalue weighted by atomic mass is 9.99. The van der Waals surface area contributed by atoms with Crippen LogP contribution >= 0.6 is 34.3 Å². The zero-order chi connectivity index (χ0) is 22.9. The van der Waals surface area contributed by atoms with Crippen molar-refractivity contribution in [2.24, 2.45) is 5.92 Å². The predicted molar refractivity (Wildman–Crippen MR) is 138 cm³/mol. The van der Waals surface area contributed by atoms with Crippen molar-refractivity contribution in [3.8, 4) is 16.3 Å². The van der Waals surface area contributed by atoms with Gasteiger partial charge in [-0.05, 0) is 49.1 Å². The molecule has 5 rings (SSSR count). The van der Waals surface area contributed by atoms with Gasteiger partial charge in [-0.25, -0.2) is 9.97 Å². The van der Waals surface area contributed by atoms with Gasteiger partial charge >= 0.3 is 0 Å². The molecule has 0 fully saturated rings. The number of carbonyl (C=O) groups excluding carboxylic acids is 1. The number of thiazole rings is 1. The van der Waals surface area contributed by atoms with E-state index in [0.717, 1.165) is 53.3 Å². The van der Waals surface area contributed by atoms with Gasteiger partial charge in [0.2, 0.25) is 0 Å². The zero-order valence-corrected chi connectivity index (χ0v) is 21.2. The molecule has 1 aliphatic rings. The molecule has 0 saturated carbocycles. The minimum absolute atomic E-state index is 0.337. The van der Waals surface area contributed by atoms with E-state index in [1.54, 1.807) is 35.2 Å². The number of hydrogen-bond acceptors (Lipinski definition) is 6. The molecule has 1 aliphatic heterocycles. The summed E-state index contributed by atoms with van der Waals surface area (Å²) in [4.78, 5) is 24.5. The van der Waals surface area contributed by atoms with E-state index in [4.69, 9.17) is 16.6 Å². The third-order valence-corrected chi connectivity index (χ3v) is 8.51. The van der Waals surface area contributed by atoms with E-state index >= 15 is 0 Å². The van der Waals surface area contributed by atoms with Gasteiger partial charge < -0.3 is 9.88 Å². The number of halogens is 1. The first-order chi connectivity index (χ1) is 16.0. The maximum Gasteiger partial charge on any atom is 0.147 e. The highest BCUT2D eigenvalue weighted by Gasteiger charge is 2.25. The summed E-state index contributed by atoms with van der Waals surface area (Å²) in [5.41, 5.74) is 4.53. The van der Waals surface area contributed by atoms with Crippen molar-refractivity contribution in [3.05, 3.63) is 51.2 Å². The summed E-state index contributed by atoms with van der Waals surface area (Å²) in [6, 6.07) is 6.25. The molecule has 8 heteroatoms. The van der Waals surface area contributed by atoms with Gasteiger partial charge in [-0.2, -0.15) is 0 Å². The second-order valence-corrected chi connectivity index (χ2v) is 11.6. The number of hydrogen-bond donors (Lipinski definition) is 1. The van der Waals surface area contributed by atoms with E-state index in [-0.39, 0.29) is 0 Å². The highest BCUT2D eigenvalue weighted by Crippen LogP contribution is 2.42. The van der Waals surface area contributed by atoms with Crippen LogP contribution in [-0.2, 0) is 24.2 Å². The van der Waals surface area contributed by atoms with E-state index in [1.165, 1.54) is 20.9 Å². The molecular formula is C25H27ClN4OS2. The minimum atomic E-state index is 0.337. The summed E-state index contributed by atoms with van der Waals surface area (Å²) in [5, 5.41) is 4.97. The topological polar surface area (TPSA) is 59.8 Å². The van der Waals surface area contributed by atoms with E-state index in [0.29, 0.717) is 29.7 Å². The molecule has 5 nitrogen and oxygen atoms in total. The zero-order valence-electron chi connectivity index (χ0n) is 18.9. The Morgan fingerprint density at radius 2 is 2.18 bits per heavy atom.